The first-order valence-corrected chi connectivity index (χ1v) is 8.67. The molecule has 2 saturated carbocycles. The summed E-state index contributed by atoms with van der Waals surface area (Å²) < 4.78 is 0. The first-order valence-electron chi connectivity index (χ1n) is 8.67. The van der Waals surface area contributed by atoms with Gasteiger partial charge in [-0.25, -0.2) is 0 Å². The van der Waals surface area contributed by atoms with Gasteiger partial charge in [-0.05, 0) is 56.9 Å². The smallest absolute Gasteiger partial charge is 0.223 e. The Kier molecular flexibility index (Phi) is 6.10. The van der Waals surface area contributed by atoms with Crippen LogP contribution in [0.15, 0.2) is 24.3 Å². The fraction of sp³-hybridized carbons (Fsp3) is 0.632. The summed E-state index contributed by atoms with van der Waals surface area (Å²) in [5, 5.41) is 3.21. The van der Waals surface area contributed by atoms with Gasteiger partial charge < -0.3 is 11.1 Å². The largest absolute Gasteiger partial charge is 0.349 e. The monoisotopic (exact) mass is 336 g/mol. The zero-order chi connectivity index (χ0) is 15.7. The lowest BCUT2D eigenvalue weighted by Gasteiger charge is -2.43. The molecular weight excluding hydrogens is 308 g/mol. The van der Waals surface area contributed by atoms with Gasteiger partial charge >= 0.3 is 0 Å². The van der Waals surface area contributed by atoms with Gasteiger partial charge in [0.1, 0.15) is 0 Å². The van der Waals surface area contributed by atoms with Gasteiger partial charge in [0.15, 0.2) is 0 Å². The van der Waals surface area contributed by atoms with Crippen LogP contribution < -0.4 is 11.1 Å². The number of rotatable bonds is 3. The van der Waals surface area contributed by atoms with E-state index in [1.165, 1.54) is 30.4 Å². The first-order chi connectivity index (χ1) is 10.5. The van der Waals surface area contributed by atoms with Crippen LogP contribution in [0.3, 0.4) is 0 Å². The lowest BCUT2D eigenvalue weighted by Crippen LogP contribution is -2.49. The van der Waals surface area contributed by atoms with Gasteiger partial charge in [0.25, 0.3) is 0 Å². The molecule has 1 amide bonds. The van der Waals surface area contributed by atoms with Gasteiger partial charge in [-0.3, -0.25) is 4.79 Å². The molecule has 2 bridgehead atoms. The zero-order valence-corrected chi connectivity index (χ0v) is 14.9. The molecule has 0 heterocycles. The van der Waals surface area contributed by atoms with Gasteiger partial charge in [0.05, 0.1) is 6.04 Å². The molecule has 0 radical (unpaired) electrons. The minimum absolute atomic E-state index is 0. The Morgan fingerprint density at radius 1 is 1.17 bits per heavy atom. The molecule has 2 aliphatic carbocycles. The Labute approximate surface area is 145 Å². The number of nitrogens with one attached hydrogen (secondary N) is 1. The molecular formula is C19H29ClN2O. The van der Waals surface area contributed by atoms with E-state index in [0.717, 1.165) is 12.8 Å². The highest BCUT2D eigenvalue weighted by molar-refractivity contribution is 5.85. The number of fused-ring (bicyclic) bond motifs is 2. The number of benzene rings is 1. The van der Waals surface area contributed by atoms with Crippen LogP contribution in [-0.2, 0) is 4.79 Å². The summed E-state index contributed by atoms with van der Waals surface area (Å²) >= 11 is 0. The van der Waals surface area contributed by atoms with Gasteiger partial charge in [0, 0.05) is 12.0 Å². The van der Waals surface area contributed by atoms with Crippen molar-refractivity contribution in [2.45, 2.75) is 58.0 Å². The van der Waals surface area contributed by atoms with E-state index in [0.29, 0.717) is 17.9 Å². The zero-order valence-electron chi connectivity index (χ0n) is 14.1. The summed E-state index contributed by atoms with van der Waals surface area (Å²) in [6, 6.07) is 8.80. The van der Waals surface area contributed by atoms with E-state index in [1.807, 2.05) is 0 Å². The molecule has 3 unspecified atom stereocenters. The Morgan fingerprint density at radius 2 is 1.74 bits per heavy atom. The topological polar surface area (TPSA) is 55.1 Å². The van der Waals surface area contributed by atoms with Gasteiger partial charge in [-0.1, -0.05) is 36.2 Å². The fourth-order valence-electron chi connectivity index (χ4n) is 4.27. The molecule has 2 aliphatic rings. The van der Waals surface area contributed by atoms with Crippen LogP contribution in [0.2, 0.25) is 0 Å². The molecule has 1 aromatic rings. The van der Waals surface area contributed by atoms with Crippen molar-refractivity contribution in [1.29, 1.82) is 0 Å². The second-order valence-electron chi connectivity index (χ2n) is 7.34. The number of amides is 1. The predicted octanol–water partition coefficient (Wildman–Crippen LogP) is 3.75. The van der Waals surface area contributed by atoms with Crippen LogP contribution >= 0.6 is 12.4 Å². The molecule has 3 N–H and O–H groups in total. The van der Waals surface area contributed by atoms with Gasteiger partial charge in [-0.15, -0.1) is 12.4 Å². The highest BCUT2D eigenvalue weighted by atomic mass is 35.5. The maximum Gasteiger partial charge on any atom is 0.223 e. The van der Waals surface area contributed by atoms with Crippen LogP contribution in [0.4, 0.5) is 0 Å². The van der Waals surface area contributed by atoms with Crippen molar-refractivity contribution >= 4 is 18.3 Å². The molecule has 0 spiro atoms. The number of carbonyl (C=O) groups excluding carboxylic acids is 1. The highest BCUT2D eigenvalue weighted by Crippen LogP contribution is 2.42. The van der Waals surface area contributed by atoms with Crippen LogP contribution in [0.1, 0.15) is 56.2 Å². The van der Waals surface area contributed by atoms with E-state index in [9.17, 15) is 4.79 Å². The van der Waals surface area contributed by atoms with Crippen LogP contribution in [0, 0.1) is 24.7 Å². The van der Waals surface area contributed by atoms with Gasteiger partial charge in [0.2, 0.25) is 5.91 Å². The number of halogens is 1. The van der Waals surface area contributed by atoms with Crippen molar-refractivity contribution in [2.24, 2.45) is 23.5 Å². The van der Waals surface area contributed by atoms with Crippen molar-refractivity contribution in [3.63, 3.8) is 0 Å². The summed E-state index contributed by atoms with van der Waals surface area (Å²) in [5.41, 5.74) is 8.74. The van der Waals surface area contributed by atoms with E-state index >= 15 is 0 Å². The van der Waals surface area contributed by atoms with Crippen molar-refractivity contribution in [2.75, 3.05) is 0 Å². The number of nitrogens with two attached hydrogens (primary N) is 1. The number of aryl methyl sites for hydroxylation is 1. The highest BCUT2D eigenvalue weighted by Gasteiger charge is 2.40. The Bertz CT molecular complexity index is 517. The average molecular weight is 337 g/mol. The second kappa shape index (κ2) is 7.67. The molecule has 128 valence electrons. The standard InChI is InChI=1S/C19H28N2O.ClH/c1-12-6-8-14(9-7-12)13(2)21-19(22)17-10-15-4-3-5-16(11-17)18(15)20;/h6-9,13,15-18H,3-5,10-11,20H2,1-2H3,(H,21,22);1H. The third kappa shape index (κ3) is 4.07. The van der Waals surface area contributed by atoms with Crippen LogP contribution in [0.5, 0.6) is 0 Å². The van der Waals surface area contributed by atoms with Crippen molar-refractivity contribution in [3.8, 4) is 0 Å². The third-order valence-electron chi connectivity index (χ3n) is 5.72. The Hall–Kier alpha value is -1.06. The number of carbonyl (C=O) groups is 1. The van der Waals surface area contributed by atoms with E-state index < -0.39 is 0 Å². The molecule has 0 saturated heterocycles. The summed E-state index contributed by atoms with van der Waals surface area (Å²) in [6.45, 7) is 4.15. The second-order valence-corrected chi connectivity index (χ2v) is 7.34. The van der Waals surface area contributed by atoms with Crippen molar-refractivity contribution < 1.29 is 4.79 Å². The third-order valence-corrected chi connectivity index (χ3v) is 5.72. The van der Waals surface area contributed by atoms with Crippen molar-refractivity contribution in [1.82, 2.24) is 5.32 Å². The SMILES string of the molecule is Cc1ccc(C(C)NC(=O)C2CC3CCCC(C2)C3N)cc1.Cl. The molecule has 1 aromatic carbocycles. The van der Waals surface area contributed by atoms with E-state index in [4.69, 9.17) is 5.73 Å². The normalized spacial score (nSPS) is 30.9. The molecule has 3 rings (SSSR count). The molecule has 23 heavy (non-hydrogen) atoms. The lowest BCUT2D eigenvalue weighted by atomic mass is 9.65. The first kappa shape index (κ1) is 18.3. The Morgan fingerprint density at radius 3 is 2.30 bits per heavy atom. The molecule has 4 heteroatoms. The summed E-state index contributed by atoms with van der Waals surface area (Å²) in [4.78, 5) is 12.6. The van der Waals surface area contributed by atoms with Gasteiger partial charge in [-0.2, -0.15) is 0 Å². The number of hydrogen-bond acceptors (Lipinski definition) is 2. The van der Waals surface area contributed by atoms with Crippen molar-refractivity contribution in [3.05, 3.63) is 35.4 Å². The van der Waals surface area contributed by atoms with Crippen LogP contribution in [0.25, 0.3) is 0 Å². The molecule has 0 aromatic heterocycles. The minimum atomic E-state index is 0. The molecule has 3 nitrogen and oxygen atoms in total. The summed E-state index contributed by atoms with van der Waals surface area (Å²) in [5.74, 6) is 1.48. The molecule has 0 aliphatic heterocycles. The molecule has 3 atom stereocenters. The van der Waals surface area contributed by atoms with E-state index in [1.54, 1.807) is 0 Å². The lowest BCUT2D eigenvalue weighted by molar-refractivity contribution is -0.128. The maximum atomic E-state index is 12.6. The fourth-order valence-corrected chi connectivity index (χ4v) is 4.27. The van der Waals surface area contributed by atoms with E-state index in [2.05, 4.69) is 43.4 Å². The Balaban J connectivity index is 0.00000192. The number of hydrogen-bond donors (Lipinski definition) is 2. The van der Waals surface area contributed by atoms with E-state index in [-0.39, 0.29) is 30.3 Å². The minimum Gasteiger partial charge on any atom is -0.349 e. The average Bonchev–Trinajstić information content (AvgIpc) is 2.47. The quantitative estimate of drug-likeness (QED) is 0.883. The maximum absolute atomic E-state index is 12.6. The molecule has 2 fully saturated rings. The summed E-state index contributed by atoms with van der Waals surface area (Å²) in [6.07, 6.45) is 5.65. The summed E-state index contributed by atoms with van der Waals surface area (Å²) in [7, 11) is 0. The predicted molar refractivity (Wildman–Crippen MR) is 96.5 cm³/mol. The van der Waals surface area contributed by atoms with Crippen LogP contribution in [-0.4, -0.2) is 11.9 Å².